The van der Waals surface area contributed by atoms with Crippen LogP contribution in [0.15, 0.2) is 70.8 Å². The van der Waals surface area contributed by atoms with Crippen LogP contribution in [0.3, 0.4) is 0 Å². The Morgan fingerprint density at radius 1 is 1.09 bits per heavy atom. The molecular formula is C26H27N7OS. The van der Waals surface area contributed by atoms with Gasteiger partial charge >= 0.3 is 0 Å². The Morgan fingerprint density at radius 3 is 2.77 bits per heavy atom. The van der Waals surface area contributed by atoms with E-state index in [1.54, 1.807) is 11.8 Å². The van der Waals surface area contributed by atoms with Gasteiger partial charge in [0, 0.05) is 56.1 Å². The molecule has 3 aliphatic rings. The molecule has 2 N–H and O–H groups in total. The van der Waals surface area contributed by atoms with Crippen molar-refractivity contribution < 1.29 is 4.79 Å². The number of anilines is 1. The summed E-state index contributed by atoms with van der Waals surface area (Å²) in [5.74, 6) is -0.271. The van der Waals surface area contributed by atoms with Gasteiger partial charge in [0.2, 0.25) is 0 Å². The molecule has 35 heavy (non-hydrogen) atoms. The first-order valence-electron chi connectivity index (χ1n) is 12.0. The lowest BCUT2D eigenvalue weighted by Crippen LogP contribution is -2.44. The molecule has 1 atom stereocenters. The molecule has 6 rings (SSSR count). The minimum Gasteiger partial charge on any atom is -0.322 e. The molecule has 1 fully saturated rings. The van der Waals surface area contributed by atoms with Crippen LogP contribution in [0.2, 0.25) is 0 Å². The number of amides is 1. The number of nitrogens with zero attached hydrogens (tertiary/aromatic N) is 5. The molecule has 3 aliphatic heterocycles. The fourth-order valence-electron chi connectivity index (χ4n) is 4.74. The Morgan fingerprint density at radius 2 is 1.89 bits per heavy atom. The normalized spacial score (nSPS) is 20.0. The summed E-state index contributed by atoms with van der Waals surface area (Å²) in [5.41, 5.74) is 4.88. The molecule has 3 aromatic rings. The number of thioether (sulfide) groups is 1. The molecule has 0 aliphatic carbocycles. The lowest BCUT2D eigenvalue weighted by molar-refractivity contribution is 0.102. The number of amidine groups is 1. The van der Waals surface area contributed by atoms with E-state index in [9.17, 15) is 4.79 Å². The SMILES string of the molecule is O=C(Nc1ccccc1C1CN2C(CCN3CCNCC3)=CSC2=N1)c1cnc2ccccc2n1. The van der Waals surface area contributed by atoms with E-state index in [4.69, 9.17) is 4.99 Å². The van der Waals surface area contributed by atoms with Crippen molar-refractivity contribution in [3.8, 4) is 0 Å². The third-order valence-electron chi connectivity index (χ3n) is 6.64. The predicted molar refractivity (Wildman–Crippen MR) is 140 cm³/mol. The van der Waals surface area contributed by atoms with Crippen molar-refractivity contribution >= 4 is 39.6 Å². The highest BCUT2D eigenvalue weighted by atomic mass is 32.2. The summed E-state index contributed by atoms with van der Waals surface area (Å²) < 4.78 is 0. The van der Waals surface area contributed by atoms with Crippen LogP contribution >= 0.6 is 11.8 Å². The summed E-state index contributed by atoms with van der Waals surface area (Å²) in [6, 6.07) is 15.4. The zero-order chi connectivity index (χ0) is 23.6. The van der Waals surface area contributed by atoms with Crippen molar-refractivity contribution in [1.29, 1.82) is 0 Å². The Hall–Kier alpha value is -3.27. The van der Waals surface area contributed by atoms with Gasteiger partial charge < -0.3 is 20.4 Å². The monoisotopic (exact) mass is 485 g/mol. The van der Waals surface area contributed by atoms with Gasteiger partial charge in [-0.05, 0) is 23.6 Å². The number of carbonyl (C=O) groups is 1. The van der Waals surface area contributed by atoms with Crippen molar-refractivity contribution in [3.63, 3.8) is 0 Å². The molecule has 0 radical (unpaired) electrons. The van der Waals surface area contributed by atoms with E-state index in [-0.39, 0.29) is 11.9 Å². The smallest absolute Gasteiger partial charge is 0.275 e. The summed E-state index contributed by atoms with van der Waals surface area (Å²) >= 11 is 1.70. The third-order valence-corrected chi connectivity index (χ3v) is 7.57. The number of hydrogen-bond donors (Lipinski definition) is 2. The number of para-hydroxylation sites is 3. The van der Waals surface area contributed by atoms with Crippen LogP contribution < -0.4 is 10.6 Å². The van der Waals surface area contributed by atoms with E-state index in [2.05, 4.69) is 35.8 Å². The van der Waals surface area contributed by atoms with Crippen LogP contribution in [0.5, 0.6) is 0 Å². The van der Waals surface area contributed by atoms with E-state index in [1.807, 2.05) is 48.5 Å². The van der Waals surface area contributed by atoms with E-state index >= 15 is 0 Å². The van der Waals surface area contributed by atoms with Crippen molar-refractivity contribution in [3.05, 3.63) is 77.1 Å². The number of nitrogens with one attached hydrogen (secondary N) is 2. The molecule has 2 aromatic carbocycles. The lowest BCUT2D eigenvalue weighted by atomic mass is 10.0. The number of carbonyl (C=O) groups excluding carboxylic acids is 1. The summed E-state index contributed by atoms with van der Waals surface area (Å²) in [7, 11) is 0. The standard InChI is InChI=1S/C26H27N7OS/c34-25(23-15-28-21-7-3-4-8-22(21)29-23)30-20-6-2-1-5-19(20)24-16-33-18(17-35-26(33)31-24)9-12-32-13-10-27-11-14-32/h1-8,15,17,24,27H,9-14,16H2,(H,30,34). The van der Waals surface area contributed by atoms with Crippen molar-refractivity contribution in [2.75, 3.05) is 44.6 Å². The van der Waals surface area contributed by atoms with Gasteiger partial charge in [-0.25, -0.2) is 4.98 Å². The fourth-order valence-corrected chi connectivity index (χ4v) is 5.73. The molecule has 0 spiro atoms. The number of benzene rings is 2. The Labute approximate surface area is 208 Å². The number of hydrogen-bond acceptors (Lipinski definition) is 8. The molecule has 1 amide bonds. The summed E-state index contributed by atoms with van der Waals surface area (Å²) in [4.78, 5) is 31.7. The van der Waals surface area contributed by atoms with Gasteiger partial charge in [-0.15, -0.1) is 0 Å². The molecule has 0 bridgehead atoms. The number of piperazine rings is 1. The van der Waals surface area contributed by atoms with Crippen LogP contribution in [-0.2, 0) is 0 Å². The van der Waals surface area contributed by atoms with Crippen LogP contribution in [0.25, 0.3) is 11.0 Å². The van der Waals surface area contributed by atoms with Crippen LogP contribution in [0.4, 0.5) is 5.69 Å². The summed E-state index contributed by atoms with van der Waals surface area (Å²) in [6.07, 6.45) is 2.55. The molecule has 1 aromatic heterocycles. The molecule has 9 heteroatoms. The zero-order valence-electron chi connectivity index (χ0n) is 19.4. The molecular weight excluding hydrogens is 458 g/mol. The first-order chi connectivity index (χ1) is 17.2. The maximum absolute atomic E-state index is 13.0. The topological polar surface area (TPSA) is 85.8 Å². The van der Waals surface area contributed by atoms with Gasteiger partial charge in [-0.2, -0.15) is 0 Å². The van der Waals surface area contributed by atoms with E-state index < -0.39 is 0 Å². The largest absolute Gasteiger partial charge is 0.322 e. The maximum atomic E-state index is 13.0. The first-order valence-corrected chi connectivity index (χ1v) is 12.9. The molecule has 4 heterocycles. The minimum absolute atomic E-state index is 0.0282. The van der Waals surface area contributed by atoms with Crippen molar-refractivity contribution in [1.82, 2.24) is 25.1 Å². The molecule has 0 saturated carbocycles. The van der Waals surface area contributed by atoms with Crippen LogP contribution in [-0.4, -0.2) is 70.1 Å². The second-order valence-corrected chi connectivity index (χ2v) is 9.73. The Kier molecular flexibility index (Phi) is 6.20. The van der Waals surface area contributed by atoms with Gasteiger partial charge in [-0.1, -0.05) is 42.1 Å². The minimum atomic E-state index is -0.271. The number of aromatic nitrogens is 2. The maximum Gasteiger partial charge on any atom is 0.275 e. The number of aliphatic imine (C=N–C) groups is 1. The van der Waals surface area contributed by atoms with Gasteiger partial charge in [0.25, 0.3) is 5.91 Å². The average Bonchev–Trinajstić information content (AvgIpc) is 3.49. The second kappa shape index (κ2) is 9.77. The number of fused-ring (bicyclic) bond motifs is 2. The molecule has 1 unspecified atom stereocenters. The second-order valence-electron chi connectivity index (χ2n) is 8.89. The lowest BCUT2D eigenvalue weighted by Gasteiger charge is -2.28. The molecule has 8 nitrogen and oxygen atoms in total. The predicted octanol–water partition coefficient (Wildman–Crippen LogP) is 3.48. The van der Waals surface area contributed by atoms with Gasteiger partial charge in [0.1, 0.15) is 5.69 Å². The van der Waals surface area contributed by atoms with Crippen molar-refractivity contribution in [2.45, 2.75) is 12.5 Å². The fraction of sp³-hybridized carbons (Fsp3) is 0.308. The highest BCUT2D eigenvalue weighted by molar-refractivity contribution is 8.16. The first kappa shape index (κ1) is 22.2. The highest BCUT2D eigenvalue weighted by Gasteiger charge is 2.33. The highest BCUT2D eigenvalue weighted by Crippen LogP contribution is 2.39. The van der Waals surface area contributed by atoms with E-state index in [1.165, 1.54) is 11.9 Å². The number of rotatable bonds is 6. The quantitative estimate of drug-likeness (QED) is 0.553. The third kappa shape index (κ3) is 4.67. The van der Waals surface area contributed by atoms with Crippen LogP contribution in [0, 0.1) is 0 Å². The Balaban J connectivity index is 1.15. The van der Waals surface area contributed by atoms with E-state index in [0.717, 1.165) is 67.6 Å². The molecule has 1 saturated heterocycles. The zero-order valence-corrected chi connectivity index (χ0v) is 20.2. The average molecular weight is 486 g/mol. The summed E-state index contributed by atoms with van der Waals surface area (Å²) in [6.45, 7) is 6.22. The molecule has 178 valence electrons. The van der Waals surface area contributed by atoms with Gasteiger partial charge in [0.05, 0.1) is 29.8 Å². The van der Waals surface area contributed by atoms with Gasteiger partial charge in [-0.3, -0.25) is 14.8 Å². The van der Waals surface area contributed by atoms with E-state index in [0.29, 0.717) is 11.2 Å². The van der Waals surface area contributed by atoms with Gasteiger partial charge in [0.15, 0.2) is 5.17 Å². The summed E-state index contributed by atoms with van der Waals surface area (Å²) in [5, 5.41) is 9.75. The Bertz CT molecular complexity index is 1320. The van der Waals surface area contributed by atoms with Crippen LogP contribution in [0.1, 0.15) is 28.5 Å². The van der Waals surface area contributed by atoms with Crippen molar-refractivity contribution in [2.24, 2.45) is 4.99 Å².